The second-order valence-corrected chi connectivity index (χ2v) is 6.40. The summed E-state index contributed by atoms with van der Waals surface area (Å²) in [5, 5.41) is 4.42. The molecule has 0 atom stereocenters. The molecule has 27 heavy (non-hydrogen) atoms. The summed E-state index contributed by atoms with van der Waals surface area (Å²) in [5.74, 6) is 0.537. The van der Waals surface area contributed by atoms with Crippen LogP contribution in [0.2, 0.25) is 0 Å². The maximum absolute atomic E-state index is 12.7. The quantitative estimate of drug-likeness (QED) is 0.496. The third kappa shape index (κ3) is 3.60. The molecule has 0 bridgehead atoms. The molecule has 0 aliphatic heterocycles. The molecule has 0 saturated heterocycles. The normalized spacial score (nSPS) is 11.1. The molecular formula is C19H21ClN4O3. The first kappa shape index (κ1) is 19.1. The van der Waals surface area contributed by atoms with Crippen molar-refractivity contribution in [2.45, 2.75) is 26.7 Å². The van der Waals surface area contributed by atoms with Crippen LogP contribution in [-0.2, 0) is 13.5 Å². The van der Waals surface area contributed by atoms with Gasteiger partial charge in [0, 0.05) is 12.6 Å². The summed E-state index contributed by atoms with van der Waals surface area (Å²) in [5.41, 5.74) is 2.45. The van der Waals surface area contributed by atoms with Gasteiger partial charge in [-0.1, -0.05) is 13.3 Å². The summed E-state index contributed by atoms with van der Waals surface area (Å²) < 4.78 is 7.22. The molecule has 2 aromatic heterocycles. The summed E-state index contributed by atoms with van der Waals surface area (Å²) in [6.07, 6.45) is 1.61. The van der Waals surface area contributed by atoms with Crippen molar-refractivity contribution in [3.8, 4) is 17.1 Å². The van der Waals surface area contributed by atoms with Crippen molar-refractivity contribution in [1.29, 1.82) is 0 Å². The van der Waals surface area contributed by atoms with Crippen LogP contribution in [0.4, 0.5) is 0 Å². The number of aryl methyl sites for hydroxylation is 2. The Morgan fingerprint density at radius 1 is 1.33 bits per heavy atom. The Bertz CT molecular complexity index is 1060. The van der Waals surface area contributed by atoms with Crippen LogP contribution in [-0.4, -0.2) is 38.0 Å². The lowest BCUT2D eigenvalue weighted by Crippen LogP contribution is -2.13. The fraction of sp³-hybridized carbons (Fsp3) is 0.368. The predicted molar refractivity (Wildman–Crippen MR) is 105 cm³/mol. The number of nitrogens with zero attached hydrogens (tertiary/aromatic N) is 3. The molecular weight excluding hydrogens is 368 g/mol. The van der Waals surface area contributed by atoms with Crippen LogP contribution >= 0.6 is 11.6 Å². The van der Waals surface area contributed by atoms with Crippen LogP contribution in [0.5, 0.6) is 5.75 Å². The first-order valence-corrected chi connectivity index (χ1v) is 9.35. The number of aromatic amines is 1. The molecule has 8 heteroatoms. The zero-order chi connectivity index (χ0) is 19.6. The van der Waals surface area contributed by atoms with E-state index in [0.717, 1.165) is 18.5 Å². The minimum Gasteiger partial charge on any atom is -0.493 e. The molecule has 7 nitrogen and oxygen atoms in total. The fourth-order valence-electron chi connectivity index (χ4n) is 3.03. The summed E-state index contributed by atoms with van der Waals surface area (Å²) in [6.45, 7) is 4.35. The highest BCUT2D eigenvalue weighted by molar-refractivity contribution is 6.30. The average molecular weight is 389 g/mol. The number of hydrogen-bond acceptors (Lipinski definition) is 5. The molecule has 0 spiro atoms. The number of carbonyl (C=O) groups is 1. The molecule has 3 aromatic rings. The number of hydrogen-bond donors (Lipinski definition) is 1. The first-order valence-electron chi connectivity index (χ1n) is 8.82. The first-order chi connectivity index (χ1) is 13.0. The van der Waals surface area contributed by atoms with E-state index < -0.39 is 0 Å². The number of fused-ring (bicyclic) bond motifs is 1. The van der Waals surface area contributed by atoms with Crippen molar-refractivity contribution in [1.82, 2.24) is 19.7 Å². The van der Waals surface area contributed by atoms with E-state index in [2.05, 4.69) is 15.1 Å². The Hall–Kier alpha value is -2.67. The maximum Gasteiger partial charge on any atom is 0.277 e. The number of halogens is 1. The average Bonchev–Trinajstić information content (AvgIpc) is 2.98. The molecule has 3 rings (SSSR count). The summed E-state index contributed by atoms with van der Waals surface area (Å²) in [4.78, 5) is 32.1. The Balaban J connectivity index is 2.26. The largest absolute Gasteiger partial charge is 0.493 e. The second-order valence-electron chi connectivity index (χ2n) is 6.13. The van der Waals surface area contributed by atoms with Gasteiger partial charge < -0.3 is 9.72 Å². The summed E-state index contributed by atoms with van der Waals surface area (Å²) >= 11 is 5.68. The zero-order valence-corrected chi connectivity index (χ0v) is 16.3. The van der Waals surface area contributed by atoms with Crippen molar-refractivity contribution in [3.63, 3.8) is 0 Å². The topological polar surface area (TPSA) is 89.9 Å². The van der Waals surface area contributed by atoms with Gasteiger partial charge >= 0.3 is 0 Å². The van der Waals surface area contributed by atoms with Crippen LogP contribution in [0.1, 0.15) is 36.3 Å². The van der Waals surface area contributed by atoms with Gasteiger partial charge in [-0.05, 0) is 31.5 Å². The number of ether oxygens (including phenoxy) is 1. The lowest BCUT2D eigenvalue weighted by molar-refractivity contribution is 0.102. The number of nitrogens with one attached hydrogen (secondary N) is 1. The molecule has 0 radical (unpaired) electrons. The molecule has 142 valence electrons. The fourth-order valence-corrected chi connectivity index (χ4v) is 3.18. The molecule has 2 heterocycles. The van der Waals surface area contributed by atoms with E-state index in [4.69, 9.17) is 16.3 Å². The molecule has 1 N–H and O–H groups in total. The van der Waals surface area contributed by atoms with Gasteiger partial charge in [-0.15, -0.1) is 11.6 Å². The van der Waals surface area contributed by atoms with Gasteiger partial charge in [0.2, 0.25) is 0 Å². The Kier molecular flexibility index (Phi) is 5.60. The second kappa shape index (κ2) is 7.92. The van der Waals surface area contributed by atoms with Crippen LogP contribution in [0, 0.1) is 0 Å². The Morgan fingerprint density at radius 2 is 2.11 bits per heavy atom. The standard InChI is InChI=1S/C19H21ClN4O3/c1-4-6-13-16-17(24(3)23-13)19(26)22-18(21-16)12-9-11(14(25)10-20)7-8-15(12)27-5-2/h7-9H,4-6,10H2,1-3H3,(H,21,22,26). The van der Waals surface area contributed by atoms with Crippen LogP contribution < -0.4 is 10.3 Å². The number of alkyl halides is 1. The number of ketones is 1. The predicted octanol–water partition coefficient (Wildman–Crippen LogP) is 3.10. The molecule has 0 aliphatic rings. The van der Waals surface area contributed by atoms with Gasteiger partial charge in [0.1, 0.15) is 17.1 Å². The number of rotatable bonds is 7. The van der Waals surface area contributed by atoms with E-state index in [9.17, 15) is 9.59 Å². The maximum atomic E-state index is 12.7. The minimum atomic E-state index is -0.288. The van der Waals surface area contributed by atoms with Crippen LogP contribution in [0.15, 0.2) is 23.0 Å². The van der Waals surface area contributed by atoms with Crippen molar-refractivity contribution < 1.29 is 9.53 Å². The van der Waals surface area contributed by atoms with Crippen LogP contribution in [0.3, 0.4) is 0 Å². The number of H-pyrrole nitrogens is 1. The van der Waals surface area contributed by atoms with Crippen molar-refractivity contribution in [2.75, 3.05) is 12.5 Å². The van der Waals surface area contributed by atoms with Gasteiger partial charge in [-0.3, -0.25) is 14.3 Å². The highest BCUT2D eigenvalue weighted by atomic mass is 35.5. The van der Waals surface area contributed by atoms with E-state index in [-0.39, 0.29) is 17.2 Å². The zero-order valence-electron chi connectivity index (χ0n) is 15.5. The van der Waals surface area contributed by atoms with E-state index in [1.807, 2.05) is 13.8 Å². The number of carbonyl (C=O) groups excluding carboxylic acids is 1. The number of Topliss-reactive ketones (excluding diaryl/α,β-unsaturated/α-hetero) is 1. The van der Waals surface area contributed by atoms with E-state index in [1.165, 1.54) is 0 Å². The van der Waals surface area contributed by atoms with Gasteiger partial charge in [0.05, 0.1) is 23.7 Å². The third-order valence-corrected chi connectivity index (χ3v) is 4.47. The van der Waals surface area contributed by atoms with E-state index in [1.54, 1.807) is 29.9 Å². The van der Waals surface area contributed by atoms with Crippen molar-refractivity contribution >= 4 is 28.4 Å². The minimum absolute atomic E-state index is 0.125. The molecule has 0 fully saturated rings. The van der Waals surface area contributed by atoms with Crippen LogP contribution in [0.25, 0.3) is 22.4 Å². The molecule has 0 unspecified atom stereocenters. The Labute approximate surface area is 161 Å². The molecule has 0 amide bonds. The van der Waals surface area contributed by atoms with Crippen molar-refractivity contribution in [2.24, 2.45) is 7.05 Å². The highest BCUT2D eigenvalue weighted by Crippen LogP contribution is 2.30. The van der Waals surface area contributed by atoms with E-state index >= 15 is 0 Å². The lowest BCUT2D eigenvalue weighted by atomic mass is 10.1. The van der Waals surface area contributed by atoms with Gasteiger partial charge in [0.25, 0.3) is 5.56 Å². The van der Waals surface area contributed by atoms with Gasteiger partial charge in [-0.2, -0.15) is 5.10 Å². The third-order valence-electron chi connectivity index (χ3n) is 4.23. The Morgan fingerprint density at radius 3 is 2.78 bits per heavy atom. The van der Waals surface area contributed by atoms with Gasteiger partial charge in [-0.25, -0.2) is 4.98 Å². The lowest BCUT2D eigenvalue weighted by Gasteiger charge is -2.11. The van der Waals surface area contributed by atoms with E-state index in [0.29, 0.717) is 40.3 Å². The number of aromatic nitrogens is 4. The number of benzene rings is 1. The molecule has 1 aromatic carbocycles. The summed E-state index contributed by atoms with van der Waals surface area (Å²) in [7, 11) is 1.73. The van der Waals surface area contributed by atoms with Gasteiger partial charge in [0.15, 0.2) is 11.3 Å². The molecule has 0 saturated carbocycles. The monoisotopic (exact) mass is 388 g/mol. The highest BCUT2D eigenvalue weighted by Gasteiger charge is 2.18. The summed E-state index contributed by atoms with van der Waals surface area (Å²) in [6, 6.07) is 5.00. The SMILES string of the molecule is CCCc1nn(C)c2c(=O)[nH]c(-c3cc(C(=O)CCl)ccc3OCC)nc12. The smallest absolute Gasteiger partial charge is 0.277 e. The molecule has 0 aliphatic carbocycles. The van der Waals surface area contributed by atoms with Crippen molar-refractivity contribution in [3.05, 3.63) is 39.8 Å².